The van der Waals surface area contributed by atoms with Gasteiger partial charge in [0.1, 0.15) is 0 Å². The number of benzene rings is 1. The van der Waals surface area contributed by atoms with E-state index in [0.29, 0.717) is 34.0 Å². The minimum Gasteiger partial charge on any atom is -0.481 e. The number of halogens is 3. The van der Waals surface area contributed by atoms with Gasteiger partial charge in [0, 0.05) is 49.4 Å². The van der Waals surface area contributed by atoms with E-state index in [2.05, 4.69) is 19.9 Å². The number of primary amides is 1. The van der Waals surface area contributed by atoms with Gasteiger partial charge in [-0.25, -0.2) is 19.7 Å². The van der Waals surface area contributed by atoms with Crippen molar-refractivity contribution in [2.45, 2.75) is 19.5 Å². The van der Waals surface area contributed by atoms with Crippen molar-refractivity contribution in [2.24, 2.45) is 11.1 Å². The molecule has 3 aromatic heterocycles. The number of hydrogen-bond acceptors (Lipinski definition) is 8. The summed E-state index contributed by atoms with van der Waals surface area (Å²) in [7, 11) is 0. The fourth-order valence-electron chi connectivity index (χ4n) is 4.54. The standard InChI is InChI=1S/C25H22F3N7O3S/c1-2-35(21(29)38)23-33-18-10-14(9-16(19(18)39-23)17-5-3-4-7-30-17)15-11-31-22(32-12-15)34-8-6-24(13-34,20(36)37)25(26,27)28/h3-5,7,9-12H,2,6,8,13H2,1H3,(H2,29,38)(H,36,37). The summed E-state index contributed by atoms with van der Waals surface area (Å²) in [6.45, 7) is 1.22. The van der Waals surface area contributed by atoms with E-state index in [1.807, 2.05) is 18.2 Å². The van der Waals surface area contributed by atoms with Crippen molar-refractivity contribution in [1.29, 1.82) is 0 Å². The molecule has 0 aliphatic carbocycles. The number of pyridine rings is 1. The molecule has 14 heteroatoms. The highest BCUT2D eigenvalue weighted by molar-refractivity contribution is 7.23. The van der Waals surface area contributed by atoms with Crippen LogP contribution in [0.3, 0.4) is 0 Å². The molecule has 4 aromatic rings. The van der Waals surface area contributed by atoms with Crippen LogP contribution in [0.2, 0.25) is 0 Å². The van der Waals surface area contributed by atoms with Crippen LogP contribution in [-0.4, -0.2) is 62.9 Å². The number of aliphatic carboxylic acids is 1. The fourth-order valence-corrected chi connectivity index (χ4v) is 5.68. The summed E-state index contributed by atoms with van der Waals surface area (Å²) in [4.78, 5) is 43.6. The third-order valence-corrected chi connectivity index (χ3v) is 7.84. The van der Waals surface area contributed by atoms with Gasteiger partial charge in [-0.05, 0) is 43.2 Å². The second kappa shape index (κ2) is 9.76. The minimum atomic E-state index is -4.90. The van der Waals surface area contributed by atoms with Gasteiger partial charge in [-0.2, -0.15) is 13.2 Å². The Morgan fingerprint density at radius 2 is 1.92 bits per heavy atom. The van der Waals surface area contributed by atoms with Crippen LogP contribution in [0.4, 0.5) is 29.0 Å². The number of anilines is 2. The van der Waals surface area contributed by atoms with Crippen molar-refractivity contribution >= 4 is 44.6 Å². The molecule has 39 heavy (non-hydrogen) atoms. The molecule has 0 saturated carbocycles. The molecule has 1 aliphatic heterocycles. The number of hydrogen-bond donors (Lipinski definition) is 2. The number of thiazole rings is 1. The largest absolute Gasteiger partial charge is 0.481 e. The zero-order chi connectivity index (χ0) is 27.9. The molecule has 1 aromatic carbocycles. The molecule has 5 rings (SSSR count). The molecule has 4 heterocycles. The highest BCUT2D eigenvalue weighted by Gasteiger charge is 2.64. The van der Waals surface area contributed by atoms with Crippen LogP contribution < -0.4 is 15.5 Å². The predicted molar refractivity (Wildman–Crippen MR) is 139 cm³/mol. The molecule has 0 spiro atoms. The van der Waals surface area contributed by atoms with Crippen LogP contribution in [0, 0.1) is 5.41 Å². The van der Waals surface area contributed by atoms with E-state index in [1.165, 1.54) is 33.5 Å². The summed E-state index contributed by atoms with van der Waals surface area (Å²) >= 11 is 1.30. The van der Waals surface area contributed by atoms with E-state index in [1.54, 1.807) is 25.3 Å². The zero-order valence-corrected chi connectivity index (χ0v) is 21.3. The number of carboxylic acid groups (broad SMARTS) is 1. The molecular weight excluding hydrogens is 535 g/mol. The van der Waals surface area contributed by atoms with Gasteiger partial charge < -0.3 is 15.7 Å². The van der Waals surface area contributed by atoms with Gasteiger partial charge in [0.25, 0.3) is 0 Å². The quantitative estimate of drug-likeness (QED) is 0.352. The number of carbonyl (C=O) groups excluding carboxylic acids is 1. The molecule has 10 nitrogen and oxygen atoms in total. The Morgan fingerprint density at radius 1 is 1.18 bits per heavy atom. The van der Waals surface area contributed by atoms with Crippen LogP contribution in [0.1, 0.15) is 13.3 Å². The molecule has 1 aliphatic rings. The average molecular weight is 558 g/mol. The number of alkyl halides is 3. The van der Waals surface area contributed by atoms with Crippen molar-refractivity contribution < 1.29 is 27.9 Å². The Kier molecular flexibility index (Phi) is 6.58. The lowest BCUT2D eigenvalue weighted by molar-refractivity contribution is -0.225. The first-order valence-corrected chi connectivity index (χ1v) is 12.7. The van der Waals surface area contributed by atoms with Crippen molar-refractivity contribution in [1.82, 2.24) is 19.9 Å². The Balaban J connectivity index is 1.53. The number of rotatable bonds is 6. The molecule has 2 amide bonds. The van der Waals surface area contributed by atoms with Crippen LogP contribution in [0.15, 0.2) is 48.9 Å². The fraction of sp³-hybridized carbons (Fsp3) is 0.280. The van der Waals surface area contributed by atoms with Gasteiger partial charge in [0.2, 0.25) is 5.95 Å². The van der Waals surface area contributed by atoms with Crippen LogP contribution >= 0.6 is 11.3 Å². The minimum absolute atomic E-state index is 0.00754. The second-order valence-electron chi connectivity index (χ2n) is 8.99. The Bertz CT molecular complexity index is 1550. The van der Waals surface area contributed by atoms with Crippen molar-refractivity contribution in [3.05, 3.63) is 48.9 Å². The van der Waals surface area contributed by atoms with E-state index >= 15 is 0 Å². The van der Waals surface area contributed by atoms with Gasteiger partial charge >= 0.3 is 18.2 Å². The molecular formula is C25H22F3N7O3S. The highest BCUT2D eigenvalue weighted by atomic mass is 32.1. The summed E-state index contributed by atoms with van der Waals surface area (Å²) in [5.41, 5.74) is 5.91. The van der Waals surface area contributed by atoms with Crippen molar-refractivity contribution in [3.8, 4) is 22.4 Å². The molecule has 0 bridgehead atoms. The summed E-state index contributed by atoms with van der Waals surface area (Å²) in [5, 5.41) is 9.75. The molecule has 1 atom stereocenters. The maximum atomic E-state index is 13.6. The van der Waals surface area contributed by atoms with Gasteiger partial charge in [0.05, 0.1) is 15.9 Å². The average Bonchev–Trinajstić information content (AvgIpc) is 3.55. The number of urea groups is 1. The lowest BCUT2D eigenvalue weighted by Crippen LogP contribution is -2.47. The maximum absolute atomic E-state index is 13.6. The van der Waals surface area contributed by atoms with Gasteiger partial charge in [0.15, 0.2) is 10.5 Å². The first-order chi connectivity index (χ1) is 18.5. The second-order valence-corrected chi connectivity index (χ2v) is 9.97. The van der Waals surface area contributed by atoms with Crippen LogP contribution in [-0.2, 0) is 4.79 Å². The summed E-state index contributed by atoms with van der Waals surface area (Å²) in [5.74, 6) is -1.90. The molecule has 3 N–H and O–H groups in total. The Labute approximate surface area is 223 Å². The molecule has 1 fully saturated rings. The molecule has 1 saturated heterocycles. The highest BCUT2D eigenvalue weighted by Crippen LogP contribution is 2.46. The summed E-state index contributed by atoms with van der Waals surface area (Å²) in [6.07, 6.45) is -0.903. The Morgan fingerprint density at radius 3 is 2.49 bits per heavy atom. The third kappa shape index (κ3) is 4.60. The zero-order valence-electron chi connectivity index (χ0n) is 20.5. The van der Waals surface area contributed by atoms with Crippen molar-refractivity contribution in [2.75, 3.05) is 29.4 Å². The van der Waals surface area contributed by atoms with E-state index in [9.17, 15) is 27.9 Å². The normalized spacial score (nSPS) is 17.5. The first-order valence-electron chi connectivity index (χ1n) is 11.8. The molecule has 202 valence electrons. The lowest BCUT2D eigenvalue weighted by atomic mass is 9.86. The number of nitrogens with zero attached hydrogens (tertiary/aromatic N) is 6. The lowest BCUT2D eigenvalue weighted by Gasteiger charge is -2.27. The molecule has 1 unspecified atom stereocenters. The molecule has 0 radical (unpaired) electrons. The summed E-state index contributed by atoms with van der Waals surface area (Å²) in [6, 6.07) is 8.52. The van der Waals surface area contributed by atoms with Gasteiger partial charge in [-0.15, -0.1) is 0 Å². The van der Waals surface area contributed by atoms with Crippen LogP contribution in [0.25, 0.3) is 32.6 Å². The smallest absolute Gasteiger partial charge is 0.406 e. The van der Waals surface area contributed by atoms with E-state index < -0.39 is 36.6 Å². The number of nitrogens with two attached hydrogens (primary N) is 1. The van der Waals surface area contributed by atoms with E-state index in [0.717, 1.165) is 10.3 Å². The SMILES string of the molecule is CCN(C(N)=O)c1nc2cc(-c3cnc(N4CCC(C(=O)O)(C(F)(F)F)C4)nc3)cc(-c3ccccn3)c2s1. The van der Waals surface area contributed by atoms with Gasteiger partial charge in [-0.1, -0.05) is 17.4 Å². The van der Waals surface area contributed by atoms with Crippen molar-refractivity contribution in [3.63, 3.8) is 0 Å². The number of carboxylic acids is 1. The first kappa shape index (κ1) is 26.3. The van der Waals surface area contributed by atoms with E-state index in [4.69, 9.17) is 5.73 Å². The summed E-state index contributed by atoms with van der Waals surface area (Å²) < 4.78 is 41.5. The number of aromatic nitrogens is 4. The number of carbonyl (C=O) groups is 2. The van der Waals surface area contributed by atoms with Gasteiger partial charge in [-0.3, -0.25) is 14.7 Å². The topological polar surface area (TPSA) is 138 Å². The van der Waals surface area contributed by atoms with Crippen LogP contribution in [0.5, 0.6) is 0 Å². The maximum Gasteiger partial charge on any atom is 0.406 e. The van der Waals surface area contributed by atoms with E-state index in [-0.39, 0.29) is 12.5 Å². The number of fused-ring (bicyclic) bond motifs is 1. The monoisotopic (exact) mass is 557 g/mol. The predicted octanol–water partition coefficient (Wildman–Crippen LogP) is 4.56. The Hall–Kier alpha value is -4.33. The third-order valence-electron chi connectivity index (χ3n) is 6.71. The number of amides is 2.